The highest BCUT2D eigenvalue weighted by molar-refractivity contribution is 6.31. The van der Waals surface area contributed by atoms with Crippen LogP contribution < -0.4 is 0 Å². The molecule has 0 bridgehead atoms. The Labute approximate surface area is 75.8 Å². The average molecular weight is 195 g/mol. The van der Waals surface area contributed by atoms with Crippen LogP contribution in [0.2, 0.25) is 0 Å². The molecule has 0 aromatic carbocycles. The van der Waals surface area contributed by atoms with E-state index in [0.29, 0.717) is 10.5 Å². The van der Waals surface area contributed by atoms with Crippen LogP contribution in [0, 0.1) is 0 Å². The summed E-state index contributed by atoms with van der Waals surface area (Å²) in [5.41, 5.74) is 0. The molecule has 2 nitrogen and oxygen atoms in total. The van der Waals surface area contributed by atoms with Gasteiger partial charge < -0.3 is 4.43 Å². The van der Waals surface area contributed by atoms with Crippen molar-refractivity contribution < 1.29 is 9.22 Å². The second kappa shape index (κ2) is 6.67. The van der Waals surface area contributed by atoms with E-state index >= 15 is 0 Å². The minimum Gasteiger partial charge on any atom is -0.528 e. The van der Waals surface area contributed by atoms with Gasteiger partial charge in [0.25, 0.3) is 0 Å². The molecule has 0 aromatic rings. The Balaban J connectivity index is 3.36. The molecule has 0 aliphatic heterocycles. The first-order valence-corrected chi connectivity index (χ1v) is 5.19. The first-order valence-electron chi connectivity index (χ1n) is 3.94. The van der Waals surface area contributed by atoms with Crippen LogP contribution in [0.3, 0.4) is 0 Å². The maximum atomic E-state index is 10.8. The predicted octanol–water partition coefficient (Wildman–Crippen LogP) is 0.998. The predicted molar refractivity (Wildman–Crippen MR) is 49.8 cm³/mol. The lowest BCUT2D eigenvalue weighted by Crippen LogP contribution is -2.16. The van der Waals surface area contributed by atoms with Crippen molar-refractivity contribution in [1.82, 2.24) is 0 Å². The molecule has 0 aliphatic carbocycles. The molecule has 0 saturated carbocycles. The van der Waals surface area contributed by atoms with Gasteiger partial charge in [-0.2, -0.15) is 0 Å². The molecule has 1 unspecified atom stereocenters. The minimum atomic E-state index is -0.418. The number of halogens is 1. The van der Waals surface area contributed by atoms with Gasteiger partial charge in [-0.15, -0.1) is 11.6 Å². The van der Waals surface area contributed by atoms with Gasteiger partial charge in [0, 0.05) is 0 Å². The largest absolute Gasteiger partial charge is 0.528 e. The van der Waals surface area contributed by atoms with Crippen LogP contribution in [-0.4, -0.2) is 21.8 Å². The number of rotatable bonds is 5. The molecule has 0 spiro atoms. The van der Waals surface area contributed by atoms with Crippen molar-refractivity contribution in [3.05, 3.63) is 0 Å². The molecule has 66 valence electrons. The van der Waals surface area contributed by atoms with E-state index in [1.807, 2.05) is 0 Å². The second-order valence-electron chi connectivity index (χ2n) is 2.49. The van der Waals surface area contributed by atoms with E-state index in [-0.39, 0.29) is 5.97 Å². The van der Waals surface area contributed by atoms with Crippen molar-refractivity contribution in [3.8, 4) is 0 Å². The van der Waals surface area contributed by atoms with Gasteiger partial charge in [-0.3, -0.25) is 4.79 Å². The van der Waals surface area contributed by atoms with Gasteiger partial charge >= 0.3 is 5.97 Å². The summed E-state index contributed by atoms with van der Waals surface area (Å²) in [6.07, 6.45) is 4.05. The Morgan fingerprint density at radius 1 is 1.64 bits per heavy atom. The fourth-order valence-corrected chi connectivity index (χ4v) is 1.50. The third-order valence-electron chi connectivity index (χ3n) is 1.52. The van der Waals surface area contributed by atoms with E-state index in [1.54, 1.807) is 0 Å². The van der Waals surface area contributed by atoms with Crippen LogP contribution in [0.5, 0.6) is 0 Å². The normalized spacial score (nSPS) is 12.9. The Morgan fingerprint density at radius 3 is 2.73 bits per heavy atom. The molecule has 0 heterocycles. The van der Waals surface area contributed by atoms with Crippen LogP contribution in [0.15, 0.2) is 0 Å². The Morgan fingerprint density at radius 2 is 2.27 bits per heavy atom. The summed E-state index contributed by atoms with van der Waals surface area (Å²) in [4.78, 5) is 10.8. The minimum absolute atomic E-state index is 0.255. The van der Waals surface area contributed by atoms with Crippen molar-refractivity contribution >= 4 is 28.1 Å². The number of hydrogen-bond acceptors (Lipinski definition) is 2. The van der Waals surface area contributed by atoms with E-state index in [0.717, 1.165) is 25.7 Å². The molecule has 0 fully saturated rings. The number of hydrogen-bond donors (Lipinski definition) is 0. The first-order chi connectivity index (χ1) is 5.22. The quantitative estimate of drug-likeness (QED) is 0.371. The molecule has 0 saturated heterocycles. The van der Waals surface area contributed by atoms with Gasteiger partial charge in [-0.1, -0.05) is 26.2 Å². The summed E-state index contributed by atoms with van der Waals surface area (Å²) in [5.74, 6) is -0.255. The highest BCUT2D eigenvalue weighted by Crippen LogP contribution is 2.09. The van der Waals surface area contributed by atoms with E-state index in [1.165, 1.54) is 0 Å². The molecule has 0 rings (SSSR count). The van der Waals surface area contributed by atoms with Crippen molar-refractivity contribution in [2.45, 2.75) is 38.0 Å². The topological polar surface area (TPSA) is 26.3 Å². The molecular weight excluding hydrogens is 180 g/mol. The third-order valence-corrected chi connectivity index (χ3v) is 2.32. The molecule has 4 heteroatoms. The molecule has 0 aromatic heterocycles. The van der Waals surface area contributed by atoms with Gasteiger partial charge in [-0.25, -0.2) is 0 Å². The van der Waals surface area contributed by atoms with Crippen LogP contribution in [0.1, 0.15) is 32.6 Å². The summed E-state index contributed by atoms with van der Waals surface area (Å²) in [7, 11) is 0.446. The number of alkyl halides is 1. The lowest BCUT2D eigenvalue weighted by Gasteiger charge is -2.05. The van der Waals surface area contributed by atoms with Gasteiger partial charge in [0.2, 0.25) is 10.5 Å². The lowest BCUT2D eigenvalue weighted by molar-refractivity contribution is -0.133. The molecule has 0 amide bonds. The summed E-state index contributed by atoms with van der Waals surface area (Å²) in [6.45, 7) is 2.12. The van der Waals surface area contributed by atoms with Crippen LogP contribution >= 0.6 is 11.6 Å². The summed E-state index contributed by atoms with van der Waals surface area (Å²) in [6, 6.07) is 0. The molecule has 0 aliphatic rings. The fourth-order valence-electron chi connectivity index (χ4n) is 0.819. The van der Waals surface area contributed by atoms with E-state index in [2.05, 4.69) is 11.3 Å². The Hall–Kier alpha value is -0.0231. The summed E-state index contributed by atoms with van der Waals surface area (Å²) >= 11 is 5.71. The zero-order valence-corrected chi connectivity index (χ0v) is 9.86. The molecule has 11 heavy (non-hydrogen) atoms. The van der Waals surface area contributed by atoms with Crippen LogP contribution in [-0.2, 0) is 9.22 Å². The molecule has 0 radical (unpaired) electrons. The van der Waals surface area contributed by atoms with E-state index in [9.17, 15) is 4.79 Å². The van der Waals surface area contributed by atoms with E-state index < -0.39 is 5.38 Å². The van der Waals surface area contributed by atoms with Gasteiger partial charge in [0.1, 0.15) is 5.38 Å². The second-order valence-corrected chi connectivity index (χ2v) is 3.42. The highest BCUT2D eigenvalue weighted by Gasteiger charge is 2.13. The van der Waals surface area contributed by atoms with Crippen molar-refractivity contribution in [2.24, 2.45) is 0 Å². The smallest absolute Gasteiger partial charge is 0.310 e. The highest BCUT2D eigenvalue weighted by atomic mass is 35.5. The SMILES string of the molecule is CCCCCC(Cl)C(=O)O[SiH3]. The van der Waals surface area contributed by atoms with Gasteiger partial charge in [0.05, 0.1) is 0 Å². The standard InChI is InChI=1S/C7H15ClO2Si/c1-2-3-4-5-6(8)7(9)10-11/h6H,2-5H2,1,11H3. The fraction of sp³-hybridized carbons (Fsp3) is 0.857. The van der Waals surface area contributed by atoms with Crippen molar-refractivity contribution in [2.75, 3.05) is 0 Å². The van der Waals surface area contributed by atoms with Crippen LogP contribution in [0.4, 0.5) is 0 Å². The average Bonchev–Trinajstić information content (AvgIpc) is 2.03. The van der Waals surface area contributed by atoms with Crippen molar-refractivity contribution in [1.29, 1.82) is 0 Å². The third kappa shape index (κ3) is 5.27. The molecular formula is C7H15ClO2Si. The lowest BCUT2D eigenvalue weighted by atomic mass is 10.1. The Kier molecular flexibility index (Phi) is 6.66. The number of carbonyl (C=O) groups is 1. The zero-order valence-electron chi connectivity index (χ0n) is 7.10. The number of carbonyl (C=O) groups excluding carboxylic acids is 1. The Bertz CT molecular complexity index is 119. The van der Waals surface area contributed by atoms with Crippen molar-refractivity contribution in [3.63, 3.8) is 0 Å². The zero-order chi connectivity index (χ0) is 8.69. The first kappa shape index (κ1) is 11.0. The monoisotopic (exact) mass is 194 g/mol. The van der Waals surface area contributed by atoms with Gasteiger partial charge in [0.15, 0.2) is 0 Å². The molecule has 1 atom stereocenters. The molecule has 0 N–H and O–H groups in total. The maximum Gasteiger partial charge on any atom is 0.310 e. The maximum absolute atomic E-state index is 10.8. The number of unbranched alkanes of at least 4 members (excludes halogenated alkanes) is 2. The summed E-state index contributed by atoms with van der Waals surface area (Å²) in [5, 5.41) is -0.418. The van der Waals surface area contributed by atoms with E-state index in [4.69, 9.17) is 11.6 Å². The van der Waals surface area contributed by atoms with Crippen LogP contribution in [0.25, 0.3) is 0 Å². The van der Waals surface area contributed by atoms with Gasteiger partial charge in [-0.05, 0) is 6.42 Å². The summed E-state index contributed by atoms with van der Waals surface area (Å²) < 4.78 is 4.61.